The molecular weight excluding hydrogens is 364 g/mol. The monoisotopic (exact) mass is 386 g/mol. The first kappa shape index (κ1) is 19.2. The summed E-state index contributed by atoms with van der Waals surface area (Å²) in [6.07, 6.45) is 0. The maximum Gasteiger partial charge on any atom is 0.278 e. The van der Waals surface area contributed by atoms with Gasteiger partial charge < -0.3 is 14.5 Å². The molecule has 0 amide bonds. The lowest BCUT2D eigenvalue weighted by atomic mass is 10.2. The van der Waals surface area contributed by atoms with Crippen LogP contribution >= 0.6 is 12.4 Å². The second-order valence-corrected chi connectivity index (χ2v) is 6.58. The van der Waals surface area contributed by atoms with E-state index in [4.69, 9.17) is 9.84 Å². The molecule has 4 rings (SSSR count). The molecule has 2 aromatic carbocycles. The lowest BCUT2D eigenvalue weighted by Crippen LogP contribution is -2.44. The molecule has 142 valence electrons. The van der Waals surface area contributed by atoms with Gasteiger partial charge in [0.2, 0.25) is 0 Å². The van der Waals surface area contributed by atoms with E-state index in [1.54, 1.807) is 7.11 Å². The molecule has 1 aliphatic rings. The Morgan fingerprint density at radius 3 is 2.41 bits per heavy atom. The summed E-state index contributed by atoms with van der Waals surface area (Å²) < 4.78 is 6.90. The highest BCUT2D eigenvalue weighted by atomic mass is 35.5. The summed E-state index contributed by atoms with van der Waals surface area (Å²) in [4.78, 5) is 17.5. The van der Waals surface area contributed by atoms with Crippen LogP contribution < -0.4 is 9.64 Å². The normalized spacial score (nSPS) is 14.8. The molecule has 6 nitrogen and oxygen atoms in total. The van der Waals surface area contributed by atoms with Crippen LogP contribution in [0.25, 0.3) is 10.9 Å². The average Bonchev–Trinajstić information content (AvgIpc) is 3.07. The van der Waals surface area contributed by atoms with Crippen molar-refractivity contribution < 1.29 is 9.53 Å². The fourth-order valence-electron chi connectivity index (χ4n) is 3.32. The molecule has 27 heavy (non-hydrogen) atoms. The second kappa shape index (κ2) is 7.98. The predicted molar refractivity (Wildman–Crippen MR) is 109 cm³/mol. The number of rotatable bonds is 3. The molecule has 0 unspecified atom stereocenters. The number of halogens is 1. The third kappa shape index (κ3) is 3.63. The molecule has 2 heterocycles. The molecule has 1 saturated heterocycles. The van der Waals surface area contributed by atoms with E-state index < -0.39 is 0 Å². The van der Waals surface area contributed by atoms with E-state index in [1.807, 2.05) is 48.5 Å². The summed E-state index contributed by atoms with van der Waals surface area (Å²) in [6.45, 7) is 3.73. The van der Waals surface area contributed by atoms with E-state index in [2.05, 4.69) is 16.8 Å². The number of aromatic nitrogens is 2. The van der Waals surface area contributed by atoms with Crippen LogP contribution in [-0.4, -0.2) is 60.9 Å². The summed E-state index contributed by atoms with van der Waals surface area (Å²) in [5, 5.41) is 5.65. The van der Waals surface area contributed by atoms with Gasteiger partial charge in [-0.2, -0.15) is 4.68 Å². The van der Waals surface area contributed by atoms with E-state index in [0.29, 0.717) is 5.56 Å². The van der Waals surface area contributed by atoms with E-state index >= 15 is 0 Å². The lowest BCUT2D eigenvalue weighted by molar-refractivity contribution is 0.0950. The van der Waals surface area contributed by atoms with E-state index in [1.165, 1.54) is 4.68 Å². The van der Waals surface area contributed by atoms with Crippen molar-refractivity contribution in [1.29, 1.82) is 0 Å². The van der Waals surface area contributed by atoms with Gasteiger partial charge in [0, 0.05) is 37.1 Å². The Labute approximate surface area is 164 Å². The van der Waals surface area contributed by atoms with Crippen LogP contribution in [0.15, 0.2) is 48.5 Å². The van der Waals surface area contributed by atoms with Crippen molar-refractivity contribution in [2.45, 2.75) is 0 Å². The van der Waals surface area contributed by atoms with Crippen LogP contribution in [0.3, 0.4) is 0 Å². The molecule has 1 aliphatic heterocycles. The van der Waals surface area contributed by atoms with Gasteiger partial charge >= 0.3 is 0 Å². The summed E-state index contributed by atoms with van der Waals surface area (Å²) in [7, 11) is 3.77. The fourth-order valence-corrected chi connectivity index (χ4v) is 3.32. The molecule has 0 saturated carbocycles. The van der Waals surface area contributed by atoms with E-state index in [9.17, 15) is 4.79 Å². The molecule has 0 spiro atoms. The third-order valence-corrected chi connectivity index (χ3v) is 4.88. The summed E-state index contributed by atoms with van der Waals surface area (Å²) in [5.41, 5.74) is 1.42. The molecule has 7 heteroatoms. The topological polar surface area (TPSA) is 50.6 Å². The highest BCUT2D eigenvalue weighted by Crippen LogP contribution is 2.30. The molecule has 0 aliphatic carbocycles. The Morgan fingerprint density at radius 2 is 1.74 bits per heavy atom. The minimum atomic E-state index is -0.124. The van der Waals surface area contributed by atoms with Gasteiger partial charge in [-0.05, 0) is 37.4 Å². The molecule has 1 fully saturated rings. The largest absolute Gasteiger partial charge is 0.497 e. The predicted octanol–water partition coefficient (Wildman–Crippen LogP) is 2.91. The lowest BCUT2D eigenvalue weighted by Gasteiger charge is -2.32. The number of likely N-dealkylation sites (N-methyl/N-ethyl adjacent to an activating group) is 1. The number of benzene rings is 2. The van der Waals surface area contributed by atoms with Crippen molar-refractivity contribution in [3.8, 4) is 5.75 Å². The zero-order valence-corrected chi connectivity index (χ0v) is 16.3. The first-order valence-corrected chi connectivity index (χ1v) is 8.77. The first-order valence-electron chi connectivity index (χ1n) is 8.77. The molecule has 0 radical (unpaired) electrons. The standard InChI is InChI=1S/C20H22N4O2.ClH/c1-22-10-12-23(13-11-22)19-17-14-16(26-2)8-9-18(17)24(21-19)20(25)15-6-4-3-5-7-15;/h3-9,14H,10-13H2,1-2H3;1H. The van der Waals surface area contributed by atoms with Crippen molar-refractivity contribution in [1.82, 2.24) is 14.7 Å². The summed E-state index contributed by atoms with van der Waals surface area (Å²) >= 11 is 0. The Kier molecular flexibility index (Phi) is 5.68. The van der Waals surface area contributed by atoms with E-state index in [-0.39, 0.29) is 18.3 Å². The molecule has 0 bridgehead atoms. The molecule has 1 aromatic heterocycles. The quantitative estimate of drug-likeness (QED) is 0.692. The molecule has 0 N–H and O–H groups in total. The maximum absolute atomic E-state index is 13.0. The molecular formula is C20H23ClN4O2. The van der Waals surface area contributed by atoms with Gasteiger partial charge in [-0.15, -0.1) is 17.5 Å². The third-order valence-electron chi connectivity index (χ3n) is 4.88. The zero-order chi connectivity index (χ0) is 18.1. The Bertz CT molecular complexity index is 934. The number of carbonyl (C=O) groups excluding carboxylic acids is 1. The van der Waals surface area contributed by atoms with Crippen LogP contribution in [0, 0.1) is 0 Å². The molecule has 3 aromatic rings. The Morgan fingerprint density at radius 1 is 1.04 bits per heavy atom. The number of ether oxygens (including phenoxy) is 1. The van der Waals surface area contributed by atoms with Crippen LogP contribution in [0.4, 0.5) is 5.82 Å². The SMILES string of the molecule is COc1ccc2c(c1)c(N1CCN(C)CC1)nn2C(=O)c1ccccc1.Cl. The van der Waals surface area contributed by atoms with Crippen LogP contribution in [0.1, 0.15) is 10.4 Å². The van der Waals surface area contributed by atoms with Crippen molar-refractivity contribution in [3.05, 3.63) is 54.1 Å². The number of methoxy groups -OCH3 is 1. The van der Waals surface area contributed by atoms with Gasteiger partial charge in [-0.1, -0.05) is 18.2 Å². The number of carbonyl (C=O) groups is 1. The summed E-state index contributed by atoms with van der Waals surface area (Å²) in [6, 6.07) is 15.0. The van der Waals surface area contributed by atoms with Gasteiger partial charge in [0.25, 0.3) is 5.91 Å². The second-order valence-electron chi connectivity index (χ2n) is 6.58. The summed E-state index contributed by atoms with van der Waals surface area (Å²) in [5.74, 6) is 1.48. The maximum atomic E-state index is 13.0. The zero-order valence-electron chi connectivity index (χ0n) is 15.5. The number of nitrogens with zero attached hydrogens (tertiary/aromatic N) is 4. The first-order chi connectivity index (χ1) is 12.7. The highest BCUT2D eigenvalue weighted by molar-refractivity contribution is 6.04. The minimum absolute atomic E-state index is 0. The Balaban J connectivity index is 0.00000210. The number of fused-ring (bicyclic) bond motifs is 1. The fraction of sp³-hybridized carbons (Fsp3) is 0.300. The van der Waals surface area contributed by atoms with Gasteiger partial charge in [0.15, 0.2) is 5.82 Å². The van der Waals surface area contributed by atoms with Crippen molar-refractivity contribution in [3.63, 3.8) is 0 Å². The van der Waals surface area contributed by atoms with Crippen molar-refractivity contribution >= 4 is 35.0 Å². The van der Waals surface area contributed by atoms with Crippen LogP contribution in [0.5, 0.6) is 5.75 Å². The number of hydrogen-bond acceptors (Lipinski definition) is 5. The number of anilines is 1. The number of hydrogen-bond donors (Lipinski definition) is 0. The molecule has 0 atom stereocenters. The highest BCUT2D eigenvalue weighted by Gasteiger charge is 2.23. The van der Waals surface area contributed by atoms with Crippen molar-refractivity contribution in [2.75, 3.05) is 45.2 Å². The van der Waals surface area contributed by atoms with Gasteiger partial charge in [-0.25, -0.2) is 0 Å². The van der Waals surface area contributed by atoms with Gasteiger partial charge in [0.05, 0.1) is 12.6 Å². The van der Waals surface area contributed by atoms with Crippen LogP contribution in [-0.2, 0) is 0 Å². The van der Waals surface area contributed by atoms with Gasteiger partial charge in [-0.3, -0.25) is 4.79 Å². The van der Waals surface area contributed by atoms with Gasteiger partial charge in [0.1, 0.15) is 5.75 Å². The Hall–Kier alpha value is -2.57. The average molecular weight is 387 g/mol. The van der Waals surface area contributed by atoms with E-state index in [0.717, 1.165) is 48.6 Å². The van der Waals surface area contributed by atoms with Crippen molar-refractivity contribution in [2.24, 2.45) is 0 Å². The van der Waals surface area contributed by atoms with Crippen LogP contribution in [0.2, 0.25) is 0 Å². The number of piperazine rings is 1. The minimum Gasteiger partial charge on any atom is -0.497 e. The smallest absolute Gasteiger partial charge is 0.278 e.